The van der Waals surface area contributed by atoms with Gasteiger partial charge in [0.1, 0.15) is 6.04 Å². The number of nitrogens with two attached hydrogens (primary N) is 1. The van der Waals surface area contributed by atoms with Crippen molar-refractivity contribution in [1.82, 2.24) is 10.4 Å². The summed E-state index contributed by atoms with van der Waals surface area (Å²) in [6.45, 7) is 0.619. The van der Waals surface area contributed by atoms with Crippen LogP contribution in [-0.2, 0) is 4.79 Å². The number of hydrazine groups is 1. The van der Waals surface area contributed by atoms with Crippen LogP contribution in [0.2, 0.25) is 0 Å². The Morgan fingerprint density at radius 1 is 1.54 bits per heavy atom. The SMILES string of the molecule is CN(C)N[C@@H](CCCCN)C(=O)O. The van der Waals surface area contributed by atoms with E-state index in [1.165, 1.54) is 0 Å². The van der Waals surface area contributed by atoms with Gasteiger partial charge in [-0.25, -0.2) is 10.4 Å². The first-order chi connectivity index (χ1) is 6.07. The van der Waals surface area contributed by atoms with Gasteiger partial charge in [0.15, 0.2) is 0 Å². The normalized spacial score (nSPS) is 13.2. The van der Waals surface area contributed by atoms with E-state index in [9.17, 15) is 4.79 Å². The first-order valence-electron chi connectivity index (χ1n) is 4.44. The number of hydrogen-bond acceptors (Lipinski definition) is 4. The van der Waals surface area contributed by atoms with Crippen molar-refractivity contribution >= 4 is 5.97 Å². The number of hydrogen-bond donors (Lipinski definition) is 3. The molecule has 0 amide bonds. The van der Waals surface area contributed by atoms with Crippen molar-refractivity contribution in [2.75, 3.05) is 20.6 Å². The zero-order chi connectivity index (χ0) is 10.3. The Labute approximate surface area is 78.9 Å². The molecular formula is C8H19N3O2. The fraction of sp³-hybridized carbons (Fsp3) is 0.875. The van der Waals surface area contributed by atoms with Crippen molar-refractivity contribution in [2.24, 2.45) is 5.73 Å². The Hall–Kier alpha value is -0.650. The fourth-order valence-electron chi connectivity index (χ4n) is 1.05. The highest BCUT2D eigenvalue weighted by Gasteiger charge is 2.16. The summed E-state index contributed by atoms with van der Waals surface area (Å²) in [7, 11) is 3.55. The quantitative estimate of drug-likeness (QED) is 0.376. The first-order valence-corrected chi connectivity index (χ1v) is 4.44. The summed E-state index contributed by atoms with van der Waals surface area (Å²) < 4.78 is 0. The minimum atomic E-state index is -0.814. The molecule has 0 rings (SSSR count). The summed E-state index contributed by atoms with van der Waals surface area (Å²) in [4.78, 5) is 10.7. The van der Waals surface area contributed by atoms with Crippen LogP contribution in [-0.4, -0.2) is 42.8 Å². The molecule has 1 atom stereocenters. The Morgan fingerprint density at radius 3 is 2.54 bits per heavy atom. The number of carbonyl (C=O) groups is 1. The zero-order valence-corrected chi connectivity index (χ0v) is 8.29. The highest BCUT2D eigenvalue weighted by molar-refractivity contribution is 5.73. The molecule has 0 unspecified atom stereocenters. The lowest BCUT2D eigenvalue weighted by Crippen LogP contribution is -2.44. The van der Waals surface area contributed by atoms with E-state index < -0.39 is 12.0 Å². The number of rotatable bonds is 7. The maximum atomic E-state index is 10.7. The lowest BCUT2D eigenvalue weighted by atomic mass is 10.1. The monoisotopic (exact) mass is 189 g/mol. The number of carboxylic acid groups (broad SMARTS) is 1. The molecule has 0 saturated carbocycles. The maximum Gasteiger partial charge on any atom is 0.322 e. The van der Waals surface area contributed by atoms with E-state index in [-0.39, 0.29) is 0 Å². The Kier molecular flexibility index (Phi) is 6.48. The summed E-state index contributed by atoms with van der Waals surface area (Å²) in [5.74, 6) is -0.814. The maximum absolute atomic E-state index is 10.7. The van der Waals surface area contributed by atoms with Gasteiger partial charge in [-0.3, -0.25) is 4.79 Å². The van der Waals surface area contributed by atoms with Crippen LogP contribution < -0.4 is 11.2 Å². The van der Waals surface area contributed by atoms with E-state index in [0.717, 1.165) is 12.8 Å². The topological polar surface area (TPSA) is 78.6 Å². The van der Waals surface area contributed by atoms with Crippen LogP contribution in [0.25, 0.3) is 0 Å². The number of nitrogens with zero attached hydrogens (tertiary/aromatic N) is 1. The van der Waals surface area contributed by atoms with E-state index in [2.05, 4.69) is 5.43 Å². The van der Waals surface area contributed by atoms with Gasteiger partial charge in [0, 0.05) is 14.1 Å². The molecule has 0 aromatic carbocycles. The molecule has 0 aromatic rings. The van der Waals surface area contributed by atoms with Crippen molar-refractivity contribution in [3.63, 3.8) is 0 Å². The second-order valence-electron chi connectivity index (χ2n) is 3.20. The second kappa shape index (κ2) is 6.82. The van der Waals surface area contributed by atoms with Crippen molar-refractivity contribution in [2.45, 2.75) is 25.3 Å². The summed E-state index contributed by atoms with van der Waals surface area (Å²) in [6, 6.07) is -0.499. The molecule has 5 heteroatoms. The van der Waals surface area contributed by atoms with E-state index in [0.29, 0.717) is 13.0 Å². The molecule has 78 valence electrons. The van der Waals surface area contributed by atoms with Gasteiger partial charge < -0.3 is 10.8 Å². The third-order valence-electron chi connectivity index (χ3n) is 1.66. The van der Waals surface area contributed by atoms with Gasteiger partial charge in [-0.1, -0.05) is 0 Å². The number of aliphatic carboxylic acids is 1. The van der Waals surface area contributed by atoms with Crippen LogP contribution in [0.15, 0.2) is 0 Å². The average Bonchev–Trinajstić information content (AvgIpc) is 2.02. The van der Waals surface area contributed by atoms with Gasteiger partial charge in [-0.15, -0.1) is 0 Å². The smallest absolute Gasteiger partial charge is 0.322 e. The highest BCUT2D eigenvalue weighted by atomic mass is 16.4. The minimum Gasteiger partial charge on any atom is -0.480 e. The van der Waals surface area contributed by atoms with Crippen LogP contribution >= 0.6 is 0 Å². The third kappa shape index (κ3) is 6.51. The molecule has 0 heterocycles. The molecule has 0 aliphatic rings. The third-order valence-corrected chi connectivity index (χ3v) is 1.66. The molecule has 4 N–H and O–H groups in total. The molecule has 0 bridgehead atoms. The predicted molar refractivity (Wildman–Crippen MR) is 51.2 cm³/mol. The highest BCUT2D eigenvalue weighted by Crippen LogP contribution is 2.00. The predicted octanol–water partition coefficient (Wildman–Crippen LogP) is -0.365. The zero-order valence-electron chi connectivity index (χ0n) is 8.29. The van der Waals surface area contributed by atoms with Crippen molar-refractivity contribution in [3.8, 4) is 0 Å². The van der Waals surface area contributed by atoms with Crippen molar-refractivity contribution < 1.29 is 9.90 Å². The molecule has 0 radical (unpaired) electrons. The molecule has 0 aliphatic heterocycles. The molecule has 0 aliphatic carbocycles. The standard InChI is InChI=1S/C8H19N3O2/c1-11(2)10-7(8(12)13)5-3-4-6-9/h7,10H,3-6,9H2,1-2H3,(H,12,13)/t7-/m0/s1. The van der Waals surface area contributed by atoms with Crippen molar-refractivity contribution in [3.05, 3.63) is 0 Å². The largest absolute Gasteiger partial charge is 0.480 e. The van der Waals surface area contributed by atoms with E-state index in [4.69, 9.17) is 10.8 Å². The molecule has 13 heavy (non-hydrogen) atoms. The van der Waals surface area contributed by atoms with E-state index in [1.807, 2.05) is 0 Å². The summed E-state index contributed by atoms with van der Waals surface area (Å²) >= 11 is 0. The lowest BCUT2D eigenvalue weighted by molar-refractivity contribution is -0.141. The average molecular weight is 189 g/mol. The van der Waals surface area contributed by atoms with Gasteiger partial charge in [0.05, 0.1) is 0 Å². The molecule has 5 nitrogen and oxygen atoms in total. The molecule has 0 fully saturated rings. The van der Waals surface area contributed by atoms with Gasteiger partial charge in [-0.2, -0.15) is 0 Å². The van der Waals surface area contributed by atoms with Crippen LogP contribution in [0.4, 0.5) is 0 Å². The Bertz CT molecular complexity index is 150. The van der Waals surface area contributed by atoms with E-state index >= 15 is 0 Å². The number of nitrogens with one attached hydrogen (secondary N) is 1. The first kappa shape index (κ1) is 12.3. The fourth-order valence-corrected chi connectivity index (χ4v) is 1.05. The molecule has 0 saturated heterocycles. The summed E-state index contributed by atoms with van der Waals surface area (Å²) in [6.07, 6.45) is 2.33. The molecular weight excluding hydrogens is 170 g/mol. The number of carboxylic acids is 1. The minimum absolute atomic E-state index is 0.499. The van der Waals surface area contributed by atoms with Crippen LogP contribution in [0.3, 0.4) is 0 Å². The van der Waals surface area contributed by atoms with Gasteiger partial charge in [-0.05, 0) is 25.8 Å². The van der Waals surface area contributed by atoms with Gasteiger partial charge in [0.2, 0.25) is 0 Å². The molecule has 0 spiro atoms. The second-order valence-corrected chi connectivity index (χ2v) is 3.20. The van der Waals surface area contributed by atoms with Crippen LogP contribution in [0.1, 0.15) is 19.3 Å². The van der Waals surface area contributed by atoms with Gasteiger partial charge in [0.25, 0.3) is 0 Å². The van der Waals surface area contributed by atoms with Crippen LogP contribution in [0, 0.1) is 0 Å². The van der Waals surface area contributed by atoms with Crippen LogP contribution in [0.5, 0.6) is 0 Å². The summed E-state index contributed by atoms with van der Waals surface area (Å²) in [5, 5.41) is 10.5. The van der Waals surface area contributed by atoms with Crippen molar-refractivity contribution in [1.29, 1.82) is 0 Å². The van der Waals surface area contributed by atoms with E-state index in [1.54, 1.807) is 19.1 Å². The Balaban J connectivity index is 3.74. The number of unbranched alkanes of at least 4 members (excludes halogenated alkanes) is 1. The lowest BCUT2D eigenvalue weighted by Gasteiger charge is -2.19. The Morgan fingerprint density at radius 2 is 2.15 bits per heavy atom. The van der Waals surface area contributed by atoms with Gasteiger partial charge >= 0.3 is 5.97 Å². The molecule has 0 aromatic heterocycles. The summed E-state index contributed by atoms with van der Waals surface area (Å²) in [5.41, 5.74) is 8.14.